The molecule has 10 nitrogen and oxygen atoms in total. The van der Waals surface area contributed by atoms with Gasteiger partial charge in [0.25, 0.3) is 0 Å². The first-order valence-corrected chi connectivity index (χ1v) is 15.8. The second-order valence-electron chi connectivity index (χ2n) is 13.0. The molecule has 2 amide bonds. The molecule has 2 saturated carbocycles. The first-order chi connectivity index (χ1) is 20.2. The number of anilines is 4. The molecule has 2 aromatic heterocycles. The van der Waals surface area contributed by atoms with Gasteiger partial charge in [0, 0.05) is 65.4 Å². The SMILES string of the molecule is CC(C)(N)[C@H]1CC[C@H](C(=O)Nc2ccnc3c2CCN3)CC1.NC[C@H]1CC[C@H](C(=O)Nc2ccnc3c2CCN3)CC1. The summed E-state index contributed by atoms with van der Waals surface area (Å²) in [7, 11) is 0. The number of carbonyl (C=O) groups excluding carboxylic acids is 2. The van der Waals surface area contributed by atoms with Crippen LogP contribution in [0, 0.1) is 23.7 Å². The van der Waals surface area contributed by atoms with Crippen LogP contribution in [0.5, 0.6) is 0 Å². The average molecular weight is 577 g/mol. The van der Waals surface area contributed by atoms with Crippen molar-refractivity contribution in [1.82, 2.24) is 9.97 Å². The molecule has 0 radical (unpaired) electrons. The van der Waals surface area contributed by atoms with Gasteiger partial charge in [-0.1, -0.05) is 0 Å². The van der Waals surface area contributed by atoms with Gasteiger partial charge in [-0.05, 0) is 109 Å². The van der Waals surface area contributed by atoms with Crippen molar-refractivity contribution in [3.05, 3.63) is 35.7 Å². The quantitative estimate of drug-likeness (QED) is 0.297. The van der Waals surface area contributed by atoms with Gasteiger partial charge in [-0.3, -0.25) is 9.59 Å². The molecule has 42 heavy (non-hydrogen) atoms. The maximum absolute atomic E-state index is 12.5. The highest BCUT2D eigenvalue weighted by atomic mass is 16.2. The summed E-state index contributed by atoms with van der Waals surface area (Å²) in [6.45, 7) is 6.72. The summed E-state index contributed by atoms with van der Waals surface area (Å²) in [6.07, 6.45) is 13.4. The van der Waals surface area contributed by atoms with Crippen molar-refractivity contribution in [2.24, 2.45) is 35.1 Å². The fraction of sp³-hybridized carbons (Fsp3) is 0.625. The highest BCUT2D eigenvalue weighted by molar-refractivity contribution is 5.94. The Morgan fingerprint density at radius 2 is 1.26 bits per heavy atom. The zero-order valence-electron chi connectivity index (χ0n) is 25.2. The zero-order chi connectivity index (χ0) is 29.7. The van der Waals surface area contributed by atoms with Gasteiger partial charge in [-0.25, -0.2) is 9.97 Å². The number of aromatic nitrogens is 2. The Labute approximate surface area is 249 Å². The Hall–Kier alpha value is -3.24. The predicted molar refractivity (Wildman–Crippen MR) is 168 cm³/mol. The monoisotopic (exact) mass is 576 g/mol. The number of nitrogens with one attached hydrogen (secondary N) is 4. The topological polar surface area (TPSA) is 160 Å². The van der Waals surface area contributed by atoms with Crippen molar-refractivity contribution in [1.29, 1.82) is 0 Å². The molecule has 8 N–H and O–H groups in total. The van der Waals surface area contributed by atoms with Crippen LogP contribution in [0.3, 0.4) is 0 Å². The fourth-order valence-electron chi connectivity index (χ4n) is 6.87. The van der Waals surface area contributed by atoms with Crippen LogP contribution in [0.4, 0.5) is 23.0 Å². The Morgan fingerprint density at radius 3 is 1.69 bits per heavy atom. The van der Waals surface area contributed by atoms with Crippen LogP contribution >= 0.6 is 0 Å². The molecule has 0 saturated heterocycles. The Bertz CT molecular complexity index is 1240. The molecule has 2 aromatic rings. The third kappa shape index (κ3) is 7.21. The van der Waals surface area contributed by atoms with E-state index in [0.29, 0.717) is 11.8 Å². The van der Waals surface area contributed by atoms with E-state index in [9.17, 15) is 9.59 Å². The van der Waals surface area contributed by atoms with Crippen molar-refractivity contribution in [2.75, 3.05) is 40.9 Å². The van der Waals surface area contributed by atoms with E-state index in [-0.39, 0.29) is 29.2 Å². The molecular formula is C32H48N8O2. The van der Waals surface area contributed by atoms with Gasteiger partial charge in [0.1, 0.15) is 11.6 Å². The smallest absolute Gasteiger partial charge is 0.227 e. The van der Waals surface area contributed by atoms with Gasteiger partial charge in [-0.2, -0.15) is 0 Å². The van der Waals surface area contributed by atoms with Crippen LogP contribution in [0.2, 0.25) is 0 Å². The second kappa shape index (κ2) is 13.4. The average Bonchev–Trinajstić information content (AvgIpc) is 3.68. The number of nitrogens with two attached hydrogens (primary N) is 2. The minimum atomic E-state index is -0.140. The summed E-state index contributed by atoms with van der Waals surface area (Å²) >= 11 is 0. The van der Waals surface area contributed by atoms with E-state index in [2.05, 4.69) is 45.1 Å². The second-order valence-corrected chi connectivity index (χ2v) is 13.0. The first-order valence-electron chi connectivity index (χ1n) is 15.8. The Morgan fingerprint density at radius 1 is 0.810 bits per heavy atom. The van der Waals surface area contributed by atoms with Crippen LogP contribution in [-0.2, 0) is 22.4 Å². The maximum atomic E-state index is 12.5. The van der Waals surface area contributed by atoms with Gasteiger partial charge in [0.2, 0.25) is 11.8 Å². The van der Waals surface area contributed by atoms with Gasteiger partial charge in [0.05, 0.1) is 0 Å². The predicted octanol–water partition coefficient (Wildman–Crippen LogP) is 4.29. The molecule has 0 spiro atoms. The number of carbonyl (C=O) groups is 2. The van der Waals surface area contributed by atoms with Crippen molar-refractivity contribution < 1.29 is 9.59 Å². The van der Waals surface area contributed by atoms with E-state index in [4.69, 9.17) is 11.5 Å². The summed E-state index contributed by atoms with van der Waals surface area (Å²) < 4.78 is 0. The molecule has 2 aliphatic heterocycles. The molecule has 6 rings (SSSR count). The van der Waals surface area contributed by atoms with Crippen LogP contribution < -0.4 is 32.7 Å². The van der Waals surface area contributed by atoms with Crippen LogP contribution in [0.25, 0.3) is 0 Å². The van der Waals surface area contributed by atoms with Crippen LogP contribution in [0.15, 0.2) is 24.5 Å². The zero-order valence-corrected chi connectivity index (χ0v) is 25.2. The Balaban J connectivity index is 0.000000169. The fourth-order valence-corrected chi connectivity index (χ4v) is 6.87. The van der Waals surface area contributed by atoms with Gasteiger partial charge < -0.3 is 32.7 Å². The van der Waals surface area contributed by atoms with Gasteiger partial charge in [-0.15, -0.1) is 0 Å². The molecule has 2 fully saturated rings. The van der Waals surface area contributed by atoms with Crippen molar-refractivity contribution >= 4 is 34.8 Å². The summed E-state index contributed by atoms with van der Waals surface area (Å²) in [5.41, 5.74) is 15.9. The molecule has 10 heteroatoms. The van der Waals surface area contributed by atoms with Gasteiger partial charge in [0.15, 0.2) is 0 Å². The number of fused-ring (bicyclic) bond motifs is 2. The van der Waals surface area contributed by atoms with Gasteiger partial charge >= 0.3 is 0 Å². The van der Waals surface area contributed by atoms with E-state index in [1.807, 2.05) is 12.1 Å². The lowest BCUT2D eigenvalue weighted by molar-refractivity contribution is -0.121. The van der Waals surface area contributed by atoms with E-state index in [0.717, 1.165) is 118 Å². The number of hydrogen-bond acceptors (Lipinski definition) is 8. The molecule has 0 aromatic carbocycles. The Kier molecular flexibility index (Phi) is 9.63. The molecule has 4 heterocycles. The first kappa shape index (κ1) is 30.2. The molecular weight excluding hydrogens is 528 g/mol. The number of pyridine rings is 2. The maximum Gasteiger partial charge on any atom is 0.227 e. The number of hydrogen-bond donors (Lipinski definition) is 6. The molecule has 0 bridgehead atoms. The lowest BCUT2D eigenvalue weighted by atomic mass is 9.73. The highest BCUT2D eigenvalue weighted by Crippen LogP contribution is 2.36. The summed E-state index contributed by atoms with van der Waals surface area (Å²) in [4.78, 5) is 33.5. The normalized spacial score (nSPS) is 24.7. The van der Waals surface area contributed by atoms with Crippen molar-refractivity contribution in [2.45, 2.75) is 83.6 Å². The highest BCUT2D eigenvalue weighted by Gasteiger charge is 2.33. The van der Waals surface area contributed by atoms with Crippen LogP contribution in [-0.4, -0.2) is 47.0 Å². The van der Waals surface area contributed by atoms with E-state index in [1.165, 1.54) is 0 Å². The third-order valence-corrected chi connectivity index (χ3v) is 9.66. The third-order valence-electron chi connectivity index (χ3n) is 9.66. The molecule has 228 valence electrons. The van der Waals surface area contributed by atoms with Crippen molar-refractivity contribution in [3.8, 4) is 0 Å². The summed E-state index contributed by atoms with van der Waals surface area (Å²) in [6, 6.07) is 3.80. The number of nitrogens with zero attached hydrogens (tertiary/aromatic N) is 2. The minimum absolute atomic E-state index is 0.108. The summed E-state index contributed by atoms with van der Waals surface area (Å²) in [5.74, 6) is 3.49. The minimum Gasteiger partial charge on any atom is -0.369 e. The molecule has 0 atom stereocenters. The lowest BCUT2D eigenvalue weighted by Crippen LogP contribution is -2.43. The molecule has 4 aliphatic rings. The van der Waals surface area contributed by atoms with E-state index in [1.54, 1.807) is 12.4 Å². The molecule has 2 aliphatic carbocycles. The van der Waals surface area contributed by atoms with E-state index >= 15 is 0 Å². The van der Waals surface area contributed by atoms with Crippen LogP contribution in [0.1, 0.15) is 76.3 Å². The molecule has 0 unspecified atom stereocenters. The largest absolute Gasteiger partial charge is 0.369 e. The standard InChI is InChI=1S/C17H26N4O.C15H22N4O/c1-17(2,18)12-5-3-11(4-6-12)16(22)21-14-8-10-20-15-13(14)7-9-19-15;16-9-10-1-3-11(4-2-10)15(20)19-13-6-8-18-14-12(13)5-7-17-14/h8,10-12H,3-7,9,18H2,1-2H3,(H2,19,20,21,22);6,8,10-11H,1-5,7,9,16H2,(H2,17,18,19,20)/t11-,12-;10-,11-. The lowest BCUT2D eigenvalue weighted by Gasteiger charge is -2.36. The van der Waals surface area contributed by atoms with E-state index < -0.39 is 0 Å². The summed E-state index contributed by atoms with van der Waals surface area (Å²) in [5, 5.41) is 12.7. The number of rotatable bonds is 6. The van der Waals surface area contributed by atoms with Crippen molar-refractivity contribution in [3.63, 3.8) is 0 Å². The number of amides is 2.